The van der Waals surface area contributed by atoms with Gasteiger partial charge in [-0.15, -0.1) is 0 Å². The van der Waals surface area contributed by atoms with Crippen LogP contribution in [-0.4, -0.2) is 73.4 Å². The lowest BCUT2D eigenvalue weighted by Gasteiger charge is -2.26. The smallest absolute Gasteiger partial charge is 0.391 e. The molecule has 9 heteroatoms. The monoisotopic (exact) mass is 844 g/mol. The fraction of sp³-hybridized carbons (Fsp3) is 0.939. The molecule has 3 unspecified atom stereocenters. The van der Waals surface area contributed by atoms with Gasteiger partial charge in [-0.3, -0.25) is 13.8 Å². The van der Waals surface area contributed by atoms with Crippen molar-refractivity contribution in [3.63, 3.8) is 0 Å². The third-order valence-electron chi connectivity index (χ3n) is 11.5. The number of unbranched alkanes of at least 4 members (excludes halogenated alkanes) is 31. The van der Waals surface area contributed by atoms with Gasteiger partial charge in [-0.25, -0.2) is 4.57 Å². The first-order valence-electron chi connectivity index (χ1n) is 25.1. The van der Waals surface area contributed by atoms with Crippen LogP contribution in [0, 0.1) is 0 Å². The van der Waals surface area contributed by atoms with E-state index in [1.54, 1.807) is 0 Å². The van der Waals surface area contributed by atoms with Crippen molar-refractivity contribution in [1.82, 2.24) is 5.32 Å². The van der Waals surface area contributed by atoms with Crippen LogP contribution in [0.2, 0.25) is 0 Å². The Hall–Kier alpha value is -0.760. The number of quaternary nitrogens is 1. The van der Waals surface area contributed by atoms with Gasteiger partial charge in [0.2, 0.25) is 5.91 Å². The molecule has 58 heavy (non-hydrogen) atoms. The number of aliphatic hydroxyl groups excluding tert-OH is 1. The Balaban J connectivity index is 4.01. The van der Waals surface area contributed by atoms with Gasteiger partial charge in [0.05, 0.1) is 39.9 Å². The molecule has 3 N–H and O–H groups in total. The van der Waals surface area contributed by atoms with E-state index in [4.69, 9.17) is 9.05 Å². The van der Waals surface area contributed by atoms with Gasteiger partial charge in [0.15, 0.2) is 0 Å². The largest absolute Gasteiger partial charge is 0.472 e. The lowest BCUT2D eigenvalue weighted by Crippen LogP contribution is -2.46. The zero-order valence-electron chi connectivity index (χ0n) is 39.3. The number of nitrogens with one attached hydrogen (secondary N) is 1. The van der Waals surface area contributed by atoms with Crippen LogP contribution in [0.3, 0.4) is 0 Å². The average molecular weight is 844 g/mol. The molecule has 0 aliphatic rings. The number of phosphoric ester groups is 1. The molecule has 0 aromatic heterocycles. The third kappa shape index (κ3) is 43.3. The molecule has 0 heterocycles. The first kappa shape index (κ1) is 57.2. The minimum Gasteiger partial charge on any atom is -0.391 e. The second-order valence-corrected chi connectivity index (χ2v) is 20.0. The van der Waals surface area contributed by atoms with Gasteiger partial charge in [0, 0.05) is 6.42 Å². The Kier molecular flexibility index (Phi) is 41.0. The number of aliphatic hydroxyl groups is 1. The second kappa shape index (κ2) is 41.6. The number of hydrogen-bond donors (Lipinski definition) is 3. The number of allylic oxidation sites excluding steroid dienone is 2. The minimum absolute atomic E-state index is 0.0769. The van der Waals surface area contributed by atoms with Gasteiger partial charge in [-0.2, -0.15) is 0 Å². The molecule has 0 spiro atoms. The first-order valence-corrected chi connectivity index (χ1v) is 26.5. The molecule has 0 aliphatic carbocycles. The molecule has 3 atom stereocenters. The van der Waals surface area contributed by atoms with Crippen molar-refractivity contribution in [2.45, 2.75) is 257 Å². The molecule has 0 saturated carbocycles. The van der Waals surface area contributed by atoms with Gasteiger partial charge in [-0.1, -0.05) is 212 Å². The summed E-state index contributed by atoms with van der Waals surface area (Å²) in [6.45, 7) is 4.88. The van der Waals surface area contributed by atoms with Crippen molar-refractivity contribution < 1.29 is 32.9 Å². The SMILES string of the molecule is CCCCCCCCCC/C=C\CCCCCCCCCCCCCCCCCC(=O)NC(COP(=O)(O)OCC[N+](C)(C)C)C(O)CCCCCCCCCCC. The average Bonchev–Trinajstić information content (AvgIpc) is 3.17. The Labute approximate surface area is 361 Å². The van der Waals surface area contributed by atoms with Crippen LogP contribution in [0.4, 0.5) is 0 Å². The number of nitrogens with zero attached hydrogens (tertiary/aromatic N) is 1. The van der Waals surface area contributed by atoms with E-state index < -0.39 is 20.0 Å². The zero-order valence-corrected chi connectivity index (χ0v) is 40.2. The van der Waals surface area contributed by atoms with E-state index in [1.807, 2.05) is 21.1 Å². The molecular weight excluding hydrogens is 744 g/mol. The predicted octanol–water partition coefficient (Wildman–Crippen LogP) is 14.3. The van der Waals surface area contributed by atoms with Gasteiger partial charge in [-0.05, 0) is 38.5 Å². The zero-order chi connectivity index (χ0) is 42.8. The summed E-state index contributed by atoms with van der Waals surface area (Å²) in [4.78, 5) is 23.1. The molecule has 0 aromatic carbocycles. The molecule has 0 fully saturated rings. The summed E-state index contributed by atoms with van der Waals surface area (Å²) in [6.07, 6.45) is 48.4. The van der Waals surface area contributed by atoms with Crippen molar-refractivity contribution in [3.8, 4) is 0 Å². The standard InChI is InChI=1S/C49H99N2O6P/c1-6-8-10-12-14-16-17-18-19-20-21-22-23-24-25-26-27-28-29-30-31-32-33-35-37-39-41-43-49(53)50-47(46-57-58(54,55)56-45-44-51(3,4)5)48(52)42-40-38-36-34-15-13-11-9-7-2/h20-21,47-48,52H,6-19,22-46H2,1-5H3,(H-,50,53,54,55)/p+1/b21-20-. The summed E-state index contributed by atoms with van der Waals surface area (Å²) < 4.78 is 23.6. The van der Waals surface area contributed by atoms with Crippen LogP contribution in [0.15, 0.2) is 12.2 Å². The van der Waals surface area contributed by atoms with Crippen LogP contribution in [0.5, 0.6) is 0 Å². The van der Waals surface area contributed by atoms with Crippen molar-refractivity contribution in [2.24, 2.45) is 0 Å². The highest BCUT2D eigenvalue weighted by Gasteiger charge is 2.28. The molecule has 346 valence electrons. The number of hydrogen-bond acceptors (Lipinski definition) is 5. The molecular formula is C49H100N2O6P+. The maximum atomic E-state index is 12.9. The molecule has 0 radical (unpaired) electrons. The summed E-state index contributed by atoms with van der Waals surface area (Å²) in [6, 6.07) is -0.754. The van der Waals surface area contributed by atoms with Crippen LogP contribution in [0.25, 0.3) is 0 Å². The fourth-order valence-corrected chi connectivity index (χ4v) is 8.25. The van der Waals surface area contributed by atoms with Crippen LogP contribution in [-0.2, 0) is 18.4 Å². The van der Waals surface area contributed by atoms with E-state index in [0.29, 0.717) is 23.9 Å². The Morgan fingerprint density at radius 2 is 0.931 bits per heavy atom. The van der Waals surface area contributed by atoms with Gasteiger partial charge in [0.25, 0.3) is 0 Å². The highest BCUT2D eigenvalue weighted by Crippen LogP contribution is 2.43. The summed E-state index contributed by atoms with van der Waals surface area (Å²) in [5, 5.41) is 13.9. The second-order valence-electron chi connectivity index (χ2n) is 18.5. The van der Waals surface area contributed by atoms with Gasteiger partial charge < -0.3 is 19.8 Å². The van der Waals surface area contributed by atoms with Crippen LogP contribution >= 0.6 is 7.82 Å². The van der Waals surface area contributed by atoms with E-state index in [0.717, 1.165) is 38.5 Å². The maximum absolute atomic E-state index is 12.9. The number of rotatable bonds is 46. The molecule has 8 nitrogen and oxygen atoms in total. The van der Waals surface area contributed by atoms with E-state index in [2.05, 4.69) is 31.3 Å². The predicted molar refractivity (Wildman–Crippen MR) is 249 cm³/mol. The van der Waals surface area contributed by atoms with Crippen molar-refractivity contribution in [2.75, 3.05) is 40.9 Å². The van der Waals surface area contributed by atoms with Crippen LogP contribution < -0.4 is 5.32 Å². The quantitative estimate of drug-likeness (QED) is 0.0244. The number of carbonyl (C=O) groups is 1. The fourth-order valence-electron chi connectivity index (χ4n) is 7.51. The number of phosphoric acid groups is 1. The van der Waals surface area contributed by atoms with Crippen LogP contribution in [0.1, 0.15) is 245 Å². The molecule has 0 aliphatic heterocycles. The van der Waals surface area contributed by atoms with Crippen molar-refractivity contribution >= 4 is 13.7 Å². The number of likely N-dealkylation sites (N-methyl/N-ethyl adjacent to an activating group) is 1. The molecule has 0 saturated heterocycles. The normalized spacial score (nSPS) is 14.3. The Bertz CT molecular complexity index is 958. The first-order chi connectivity index (χ1) is 28.0. The van der Waals surface area contributed by atoms with Gasteiger partial charge in [0.1, 0.15) is 13.2 Å². The topological polar surface area (TPSA) is 105 Å². The molecule has 0 aromatic rings. The lowest BCUT2D eigenvalue weighted by molar-refractivity contribution is -0.870. The van der Waals surface area contributed by atoms with E-state index in [-0.39, 0.29) is 19.1 Å². The van der Waals surface area contributed by atoms with Gasteiger partial charge >= 0.3 is 7.82 Å². The summed E-state index contributed by atoms with van der Waals surface area (Å²) in [7, 11) is 1.62. The maximum Gasteiger partial charge on any atom is 0.472 e. The molecule has 1 amide bonds. The minimum atomic E-state index is -4.31. The Morgan fingerprint density at radius 1 is 0.569 bits per heavy atom. The summed E-state index contributed by atoms with van der Waals surface area (Å²) in [5.41, 5.74) is 0. The lowest BCUT2D eigenvalue weighted by atomic mass is 10.0. The molecule has 0 rings (SSSR count). The number of amides is 1. The van der Waals surface area contributed by atoms with E-state index >= 15 is 0 Å². The number of carbonyl (C=O) groups excluding carboxylic acids is 1. The Morgan fingerprint density at radius 3 is 1.33 bits per heavy atom. The summed E-state index contributed by atoms with van der Waals surface area (Å²) >= 11 is 0. The van der Waals surface area contributed by atoms with Crippen molar-refractivity contribution in [3.05, 3.63) is 12.2 Å². The van der Waals surface area contributed by atoms with E-state index in [9.17, 15) is 19.4 Å². The summed E-state index contributed by atoms with van der Waals surface area (Å²) in [5.74, 6) is -0.143. The molecule has 0 bridgehead atoms. The van der Waals surface area contributed by atoms with Crippen molar-refractivity contribution in [1.29, 1.82) is 0 Å². The third-order valence-corrected chi connectivity index (χ3v) is 12.5. The highest BCUT2D eigenvalue weighted by molar-refractivity contribution is 7.47. The highest BCUT2D eigenvalue weighted by atomic mass is 31.2. The van der Waals surface area contributed by atoms with E-state index in [1.165, 1.54) is 180 Å².